The van der Waals surface area contributed by atoms with Gasteiger partial charge in [0.15, 0.2) is 6.19 Å². The van der Waals surface area contributed by atoms with Crippen LogP contribution in [0.2, 0.25) is 0 Å². The SMILES string of the molecule is C=C/C=C(C(=O)ONCC(=C)C=C)\C(=C/C)C(=O)OC1Cc2ccccc2N(C#N)c2ccccc21. The van der Waals surface area contributed by atoms with Gasteiger partial charge in [-0.25, -0.2) is 14.5 Å². The zero-order valence-corrected chi connectivity index (χ0v) is 20.1. The van der Waals surface area contributed by atoms with Crippen LogP contribution in [0, 0.1) is 11.5 Å². The maximum Gasteiger partial charge on any atom is 0.357 e. The van der Waals surface area contributed by atoms with Crippen molar-refractivity contribution in [1.82, 2.24) is 5.48 Å². The maximum atomic E-state index is 13.4. The van der Waals surface area contributed by atoms with Gasteiger partial charge >= 0.3 is 11.9 Å². The lowest BCUT2D eigenvalue weighted by Gasteiger charge is -2.21. The molecular weight excluding hydrogens is 454 g/mol. The second kappa shape index (κ2) is 12.2. The minimum Gasteiger partial charge on any atom is -0.453 e. The van der Waals surface area contributed by atoms with Crippen LogP contribution in [0.3, 0.4) is 0 Å². The number of nitrogens with zero attached hydrogens (tertiary/aromatic N) is 2. The molecule has 3 rings (SSSR count). The van der Waals surface area contributed by atoms with Gasteiger partial charge in [0.25, 0.3) is 0 Å². The quantitative estimate of drug-likeness (QED) is 0.171. The molecule has 1 heterocycles. The molecule has 0 saturated carbocycles. The lowest BCUT2D eigenvalue weighted by atomic mass is 10.0. The molecule has 36 heavy (non-hydrogen) atoms. The molecule has 1 unspecified atom stereocenters. The number of carbonyl (C=O) groups excluding carboxylic acids is 2. The molecule has 0 aromatic heterocycles. The topological polar surface area (TPSA) is 91.7 Å². The number of hydroxylamine groups is 1. The number of hydrogen-bond donors (Lipinski definition) is 1. The van der Waals surface area contributed by atoms with Gasteiger partial charge in [-0.3, -0.25) is 0 Å². The first kappa shape index (κ1) is 25.9. The van der Waals surface area contributed by atoms with Crippen molar-refractivity contribution in [2.24, 2.45) is 0 Å². The summed E-state index contributed by atoms with van der Waals surface area (Å²) in [7, 11) is 0. The van der Waals surface area contributed by atoms with E-state index < -0.39 is 18.0 Å². The Balaban J connectivity index is 1.90. The van der Waals surface area contributed by atoms with Crippen molar-refractivity contribution in [3.05, 3.63) is 120 Å². The fraction of sp³-hybridized carbons (Fsp3) is 0.138. The Labute approximate surface area is 210 Å². The van der Waals surface area contributed by atoms with Crippen molar-refractivity contribution in [2.45, 2.75) is 19.4 Å². The zero-order chi connectivity index (χ0) is 26.1. The van der Waals surface area contributed by atoms with Gasteiger partial charge in [-0.05, 0) is 36.3 Å². The van der Waals surface area contributed by atoms with Gasteiger partial charge in [-0.1, -0.05) is 74.4 Å². The number of allylic oxidation sites excluding steroid dienone is 3. The lowest BCUT2D eigenvalue weighted by molar-refractivity contribution is -0.149. The van der Waals surface area contributed by atoms with Crippen LogP contribution in [0.5, 0.6) is 0 Å². The van der Waals surface area contributed by atoms with Crippen LogP contribution >= 0.6 is 0 Å². The summed E-state index contributed by atoms with van der Waals surface area (Å²) < 4.78 is 5.96. The van der Waals surface area contributed by atoms with E-state index in [1.165, 1.54) is 29.2 Å². The number of hydrogen-bond acceptors (Lipinski definition) is 7. The Bertz CT molecular complexity index is 1300. The smallest absolute Gasteiger partial charge is 0.357 e. The maximum absolute atomic E-state index is 13.4. The Hall–Kier alpha value is -4.67. The van der Waals surface area contributed by atoms with E-state index in [1.807, 2.05) is 42.5 Å². The lowest BCUT2D eigenvalue weighted by Crippen LogP contribution is -2.25. The molecule has 0 bridgehead atoms. The third kappa shape index (κ3) is 5.69. The van der Waals surface area contributed by atoms with E-state index in [0.29, 0.717) is 23.2 Å². The molecule has 1 N–H and O–H groups in total. The molecule has 1 atom stereocenters. The molecule has 0 aliphatic carbocycles. The zero-order valence-electron chi connectivity index (χ0n) is 20.1. The van der Waals surface area contributed by atoms with Gasteiger partial charge in [0.05, 0.1) is 29.1 Å². The monoisotopic (exact) mass is 481 g/mol. The van der Waals surface area contributed by atoms with Crippen molar-refractivity contribution < 1.29 is 19.2 Å². The molecule has 0 amide bonds. The Morgan fingerprint density at radius 3 is 2.47 bits per heavy atom. The molecule has 182 valence electrons. The first-order valence-electron chi connectivity index (χ1n) is 11.3. The van der Waals surface area contributed by atoms with Gasteiger partial charge in [0.1, 0.15) is 6.10 Å². The van der Waals surface area contributed by atoms with Crippen LogP contribution in [0.25, 0.3) is 0 Å². The van der Waals surface area contributed by atoms with E-state index in [2.05, 4.69) is 31.4 Å². The van der Waals surface area contributed by atoms with E-state index in [4.69, 9.17) is 9.57 Å². The van der Waals surface area contributed by atoms with Crippen molar-refractivity contribution in [2.75, 3.05) is 11.4 Å². The minimum atomic E-state index is -0.779. The van der Waals surface area contributed by atoms with Crippen LogP contribution in [0.1, 0.15) is 24.2 Å². The molecule has 0 saturated heterocycles. The van der Waals surface area contributed by atoms with Gasteiger partial charge in [-0.15, -0.1) is 5.48 Å². The van der Waals surface area contributed by atoms with Crippen LogP contribution in [0.4, 0.5) is 11.4 Å². The summed E-state index contributed by atoms with van der Waals surface area (Å²) in [5.74, 6) is -1.49. The highest BCUT2D eigenvalue weighted by molar-refractivity contribution is 6.07. The molecule has 1 aliphatic rings. The number of benzene rings is 2. The molecule has 0 spiro atoms. The Morgan fingerprint density at radius 2 is 1.81 bits per heavy atom. The number of ether oxygens (including phenoxy) is 1. The molecule has 1 aliphatic heterocycles. The summed E-state index contributed by atoms with van der Waals surface area (Å²) >= 11 is 0. The van der Waals surface area contributed by atoms with Crippen molar-refractivity contribution in [3.8, 4) is 6.19 Å². The number of esters is 1. The standard InChI is InChI=1S/C29H27N3O4/c1-5-12-23(29(34)36-31-18-20(4)6-2)22(7-3)28(33)35-27-17-21-13-8-10-15-25(21)32(19-30)26-16-11-9-14-24(26)27/h5-16,27,31H,1-2,4,17-18H2,3H3/b22-7+,23-12+. The van der Waals surface area contributed by atoms with Crippen LogP contribution < -0.4 is 10.4 Å². The predicted molar refractivity (Wildman–Crippen MR) is 139 cm³/mol. The summed E-state index contributed by atoms with van der Waals surface area (Å²) in [5.41, 5.74) is 6.02. The highest BCUT2D eigenvalue weighted by atomic mass is 16.7. The number of carbonyl (C=O) groups is 2. The molecular formula is C29H27N3O4. The largest absolute Gasteiger partial charge is 0.453 e. The van der Waals surface area contributed by atoms with E-state index >= 15 is 0 Å². The summed E-state index contributed by atoms with van der Waals surface area (Å²) in [6.07, 6.45) is 7.67. The fourth-order valence-electron chi connectivity index (χ4n) is 3.80. The van der Waals surface area contributed by atoms with Crippen molar-refractivity contribution in [1.29, 1.82) is 5.26 Å². The first-order valence-corrected chi connectivity index (χ1v) is 11.3. The molecule has 2 aromatic rings. The van der Waals surface area contributed by atoms with Gasteiger partial charge in [0.2, 0.25) is 0 Å². The average molecular weight is 482 g/mol. The summed E-state index contributed by atoms with van der Waals surface area (Å²) in [4.78, 5) is 32.8. The minimum absolute atomic E-state index is 0.0184. The third-order valence-corrected chi connectivity index (χ3v) is 5.57. The second-order valence-electron chi connectivity index (χ2n) is 7.81. The van der Waals surface area contributed by atoms with E-state index in [-0.39, 0.29) is 17.7 Å². The molecule has 2 aromatic carbocycles. The normalized spacial score (nSPS) is 14.9. The molecule has 7 heteroatoms. The predicted octanol–water partition coefficient (Wildman–Crippen LogP) is 5.29. The summed E-state index contributed by atoms with van der Waals surface area (Å²) in [6, 6.07) is 14.7. The van der Waals surface area contributed by atoms with Crippen molar-refractivity contribution >= 4 is 23.3 Å². The highest BCUT2D eigenvalue weighted by Crippen LogP contribution is 2.41. The third-order valence-electron chi connectivity index (χ3n) is 5.57. The van der Waals surface area contributed by atoms with E-state index in [1.54, 1.807) is 13.0 Å². The molecule has 7 nitrogen and oxygen atoms in total. The first-order chi connectivity index (χ1) is 17.4. The average Bonchev–Trinajstić information content (AvgIpc) is 3.02. The fourth-order valence-corrected chi connectivity index (χ4v) is 3.80. The second-order valence-corrected chi connectivity index (χ2v) is 7.81. The van der Waals surface area contributed by atoms with Gasteiger partial charge < -0.3 is 9.57 Å². The van der Waals surface area contributed by atoms with Crippen molar-refractivity contribution in [3.63, 3.8) is 0 Å². The van der Waals surface area contributed by atoms with Gasteiger partial charge in [-0.2, -0.15) is 5.26 Å². The summed E-state index contributed by atoms with van der Waals surface area (Å²) in [5, 5.41) is 9.89. The van der Waals surface area contributed by atoms with Crippen LogP contribution in [-0.2, 0) is 25.6 Å². The number of fused-ring (bicyclic) bond motifs is 2. The number of nitrogens with one attached hydrogen (secondary N) is 1. The van der Waals surface area contributed by atoms with Crippen LogP contribution in [-0.4, -0.2) is 18.5 Å². The summed E-state index contributed by atoms with van der Waals surface area (Å²) in [6.45, 7) is 12.8. The van der Waals surface area contributed by atoms with Gasteiger partial charge in [0, 0.05) is 12.0 Å². The number of nitriles is 1. The van der Waals surface area contributed by atoms with Crippen LogP contribution in [0.15, 0.2) is 109 Å². The highest BCUT2D eigenvalue weighted by Gasteiger charge is 2.31. The Morgan fingerprint density at radius 1 is 1.11 bits per heavy atom. The van der Waals surface area contributed by atoms with E-state index in [9.17, 15) is 14.9 Å². The number of rotatable bonds is 9. The number of para-hydroxylation sites is 2. The molecule has 0 fully saturated rings. The Kier molecular flexibility index (Phi) is 8.76. The molecule has 0 radical (unpaired) electrons. The number of anilines is 2. The van der Waals surface area contributed by atoms with E-state index in [0.717, 1.165) is 11.3 Å².